The van der Waals surface area contributed by atoms with E-state index in [1.165, 1.54) is 0 Å². The molecule has 1 N–H and O–H groups in total. The van der Waals surface area contributed by atoms with Crippen LogP contribution < -0.4 is 5.56 Å². The van der Waals surface area contributed by atoms with Gasteiger partial charge in [-0.1, -0.05) is 12.1 Å². The van der Waals surface area contributed by atoms with E-state index in [-0.39, 0.29) is 5.56 Å². The second-order valence-electron chi connectivity index (χ2n) is 3.89. The Balaban J connectivity index is 2.10. The minimum atomic E-state index is -0.0854. The first-order valence-corrected chi connectivity index (χ1v) is 5.41. The van der Waals surface area contributed by atoms with E-state index >= 15 is 0 Å². The zero-order valence-corrected chi connectivity index (χ0v) is 9.13. The van der Waals surface area contributed by atoms with Gasteiger partial charge in [0.2, 0.25) is 0 Å². The predicted molar refractivity (Wildman–Crippen MR) is 65.9 cm³/mol. The number of H-pyrrole nitrogens is 1. The van der Waals surface area contributed by atoms with E-state index in [0.29, 0.717) is 17.8 Å². The Morgan fingerprint density at radius 3 is 2.71 bits per heavy atom. The summed E-state index contributed by atoms with van der Waals surface area (Å²) in [4.78, 5) is 19.1. The van der Waals surface area contributed by atoms with Gasteiger partial charge in [-0.05, 0) is 24.3 Å². The SMILES string of the molecule is O=c1[nH]c(Cn2cccc2)nc2ccccc12. The maximum absolute atomic E-state index is 11.8. The third kappa shape index (κ3) is 1.85. The van der Waals surface area contributed by atoms with E-state index in [1.54, 1.807) is 6.07 Å². The maximum Gasteiger partial charge on any atom is 0.258 e. The van der Waals surface area contributed by atoms with Crippen LogP contribution in [0.4, 0.5) is 0 Å². The average Bonchev–Trinajstić information content (AvgIpc) is 2.82. The molecule has 0 aliphatic rings. The van der Waals surface area contributed by atoms with Crippen LogP contribution in [0.3, 0.4) is 0 Å². The topological polar surface area (TPSA) is 50.7 Å². The van der Waals surface area contributed by atoms with Gasteiger partial charge in [0.1, 0.15) is 5.82 Å². The summed E-state index contributed by atoms with van der Waals surface area (Å²) in [5, 5.41) is 0.628. The van der Waals surface area contributed by atoms with Crippen molar-refractivity contribution in [3.05, 3.63) is 65.0 Å². The van der Waals surface area contributed by atoms with Crippen molar-refractivity contribution in [1.82, 2.24) is 14.5 Å². The average molecular weight is 225 g/mol. The number of aromatic amines is 1. The van der Waals surface area contributed by atoms with E-state index in [0.717, 1.165) is 5.52 Å². The zero-order valence-electron chi connectivity index (χ0n) is 9.13. The van der Waals surface area contributed by atoms with E-state index in [2.05, 4.69) is 9.97 Å². The molecule has 4 nitrogen and oxygen atoms in total. The van der Waals surface area contributed by atoms with Gasteiger partial charge in [0.25, 0.3) is 5.56 Å². The molecular formula is C13H11N3O. The standard InChI is InChI=1S/C13H11N3O/c17-13-10-5-1-2-6-11(10)14-12(15-13)9-16-7-3-4-8-16/h1-8H,9H2,(H,14,15,17). The first-order chi connectivity index (χ1) is 8.33. The highest BCUT2D eigenvalue weighted by atomic mass is 16.1. The maximum atomic E-state index is 11.8. The van der Waals surface area contributed by atoms with E-state index in [4.69, 9.17) is 0 Å². The van der Waals surface area contributed by atoms with Gasteiger partial charge < -0.3 is 9.55 Å². The molecule has 2 aromatic heterocycles. The molecule has 84 valence electrons. The Kier molecular flexibility index (Phi) is 2.26. The number of para-hydroxylation sites is 1. The Hall–Kier alpha value is -2.36. The summed E-state index contributed by atoms with van der Waals surface area (Å²) in [7, 11) is 0. The van der Waals surface area contributed by atoms with Crippen LogP contribution in [0, 0.1) is 0 Å². The molecule has 0 fully saturated rings. The molecule has 3 rings (SSSR count). The summed E-state index contributed by atoms with van der Waals surface area (Å²) in [6.45, 7) is 0.576. The van der Waals surface area contributed by atoms with Crippen molar-refractivity contribution in [3.8, 4) is 0 Å². The van der Waals surface area contributed by atoms with Crippen molar-refractivity contribution in [3.63, 3.8) is 0 Å². The molecular weight excluding hydrogens is 214 g/mol. The lowest BCUT2D eigenvalue weighted by molar-refractivity contribution is 0.750. The van der Waals surface area contributed by atoms with E-state index in [1.807, 2.05) is 47.3 Å². The minimum absolute atomic E-state index is 0.0854. The third-order valence-corrected chi connectivity index (χ3v) is 2.66. The number of fused-ring (bicyclic) bond motifs is 1. The van der Waals surface area contributed by atoms with Gasteiger partial charge in [-0.25, -0.2) is 4.98 Å². The van der Waals surface area contributed by atoms with Crippen LogP contribution in [-0.4, -0.2) is 14.5 Å². The molecule has 2 heterocycles. The molecule has 0 spiro atoms. The molecule has 0 unspecified atom stereocenters. The molecule has 4 heteroatoms. The third-order valence-electron chi connectivity index (χ3n) is 2.66. The lowest BCUT2D eigenvalue weighted by atomic mass is 10.2. The highest BCUT2D eigenvalue weighted by Gasteiger charge is 2.02. The number of hydrogen-bond donors (Lipinski definition) is 1. The largest absolute Gasteiger partial charge is 0.347 e. The number of benzene rings is 1. The number of hydrogen-bond acceptors (Lipinski definition) is 2. The molecule has 0 saturated heterocycles. The molecule has 0 amide bonds. The molecule has 0 radical (unpaired) electrons. The summed E-state index contributed by atoms with van der Waals surface area (Å²) in [6.07, 6.45) is 3.88. The van der Waals surface area contributed by atoms with Crippen molar-refractivity contribution >= 4 is 10.9 Å². The summed E-state index contributed by atoms with van der Waals surface area (Å²) >= 11 is 0. The predicted octanol–water partition coefficient (Wildman–Crippen LogP) is 1.77. The molecule has 17 heavy (non-hydrogen) atoms. The molecule has 3 aromatic rings. The first-order valence-electron chi connectivity index (χ1n) is 5.41. The Labute approximate surface area is 97.6 Å². The van der Waals surface area contributed by atoms with Crippen molar-refractivity contribution in [2.45, 2.75) is 6.54 Å². The van der Waals surface area contributed by atoms with Gasteiger partial charge >= 0.3 is 0 Å². The number of nitrogens with zero attached hydrogens (tertiary/aromatic N) is 2. The number of aromatic nitrogens is 3. The highest BCUT2D eigenvalue weighted by Crippen LogP contribution is 2.06. The summed E-state index contributed by atoms with van der Waals surface area (Å²) in [5.74, 6) is 0.671. The fourth-order valence-electron chi connectivity index (χ4n) is 1.86. The van der Waals surface area contributed by atoms with Gasteiger partial charge in [0, 0.05) is 12.4 Å². The number of nitrogens with one attached hydrogen (secondary N) is 1. The first kappa shape index (κ1) is 9.84. The van der Waals surface area contributed by atoms with Crippen molar-refractivity contribution < 1.29 is 0 Å². The van der Waals surface area contributed by atoms with Crippen LogP contribution in [-0.2, 0) is 6.54 Å². The van der Waals surface area contributed by atoms with Crippen LogP contribution in [0.1, 0.15) is 5.82 Å². The van der Waals surface area contributed by atoms with Crippen LogP contribution >= 0.6 is 0 Å². The van der Waals surface area contributed by atoms with Crippen LogP contribution in [0.5, 0.6) is 0 Å². The monoisotopic (exact) mass is 225 g/mol. The van der Waals surface area contributed by atoms with Gasteiger partial charge in [-0.3, -0.25) is 4.79 Å². The van der Waals surface area contributed by atoms with Gasteiger partial charge in [0.05, 0.1) is 17.4 Å². The smallest absolute Gasteiger partial charge is 0.258 e. The van der Waals surface area contributed by atoms with Crippen LogP contribution in [0.2, 0.25) is 0 Å². The lowest BCUT2D eigenvalue weighted by Gasteiger charge is -2.03. The highest BCUT2D eigenvalue weighted by molar-refractivity contribution is 5.77. The normalized spacial score (nSPS) is 10.8. The summed E-state index contributed by atoms with van der Waals surface area (Å²) < 4.78 is 1.97. The van der Waals surface area contributed by atoms with Gasteiger partial charge in [0.15, 0.2) is 0 Å². The van der Waals surface area contributed by atoms with Crippen molar-refractivity contribution in [2.75, 3.05) is 0 Å². The second-order valence-corrected chi connectivity index (χ2v) is 3.89. The Morgan fingerprint density at radius 1 is 1.12 bits per heavy atom. The van der Waals surface area contributed by atoms with E-state index < -0.39 is 0 Å². The molecule has 1 aromatic carbocycles. The Morgan fingerprint density at radius 2 is 1.88 bits per heavy atom. The van der Waals surface area contributed by atoms with Crippen molar-refractivity contribution in [1.29, 1.82) is 0 Å². The second kappa shape index (κ2) is 3.90. The molecule has 0 saturated carbocycles. The molecule has 0 aliphatic carbocycles. The van der Waals surface area contributed by atoms with E-state index in [9.17, 15) is 4.79 Å². The molecule has 0 aliphatic heterocycles. The molecule has 0 bridgehead atoms. The minimum Gasteiger partial charge on any atom is -0.347 e. The van der Waals surface area contributed by atoms with Gasteiger partial charge in [-0.2, -0.15) is 0 Å². The van der Waals surface area contributed by atoms with Crippen LogP contribution in [0.15, 0.2) is 53.6 Å². The van der Waals surface area contributed by atoms with Crippen molar-refractivity contribution in [2.24, 2.45) is 0 Å². The lowest BCUT2D eigenvalue weighted by Crippen LogP contribution is -2.13. The molecule has 0 atom stereocenters. The fraction of sp³-hybridized carbons (Fsp3) is 0.0769. The summed E-state index contributed by atoms with van der Waals surface area (Å²) in [6, 6.07) is 11.2. The van der Waals surface area contributed by atoms with Gasteiger partial charge in [-0.15, -0.1) is 0 Å². The Bertz CT molecular complexity index is 698. The number of rotatable bonds is 2. The van der Waals surface area contributed by atoms with Crippen LogP contribution in [0.25, 0.3) is 10.9 Å². The quantitative estimate of drug-likeness (QED) is 0.722. The zero-order chi connectivity index (χ0) is 11.7. The fourth-order valence-corrected chi connectivity index (χ4v) is 1.86. The summed E-state index contributed by atoms with van der Waals surface area (Å²) in [5.41, 5.74) is 0.649.